The Bertz CT molecular complexity index is 1740. The summed E-state index contributed by atoms with van der Waals surface area (Å²) in [5, 5.41) is 6.89. The van der Waals surface area contributed by atoms with Crippen molar-refractivity contribution in [1.82, 2.24) is 19.7 Å². The van der Waals surface area contributed by atoms with Crippen molar-refractivity contribution in [2.45, 2.75) is 6.92 Å². The van der Waals surface area contributed by atoms with Gasteiger partial charge in [-0.2, -0.15) is 9.78 Å². The first-order valence-corrected chi connectivity index (χ1v) is 11.7. The molecule has 0 fully saturated rings. The number of nitrogens with one attached hydrogen (secondary N) is 1. The molecule has 1 N–H and O–H groups in total. The fourth-order valence-electron chi connectivity index (χ4n) is 3.86. The Morgan fingerprint density at radius 2 is 1.69 bits per heavy atom. The zero-order valence-electron chi connectivity index (χ0n) is 21.1. The van der Waals surface area contributed by atoms with Crippen LogP contribution in [0.1, 0.15) is 16.1 Å². The highest BCUT2D eigenvalue weighted by molar-refractivity contribution is 6.04. The molecule has 10 nitrogen and oxygen atoms in total. The molecule has 2 aromatic carbocycles. The Balaban J connectivity index is 1.36. The smallest absolute Gasteiger partial charge is 0.284 e. The molecule has 0 aliphatic heterocycles. The molecular weight excluding hydrogens is 505 g/mol. The number of amides is 1. The van der Waals surface area contributed by atoms with E-state index < -0.39 is 17.3 Å². The maximum Gasteiger partial charge on any atom is 0.284 e. The van der Waals surface area contributed by atoms with Gasteiger partial charge in [0.2, 0.25) is 0 Å². The molecule has 0 unspecified atom stereocenters. The van der Waals surface area contributed by atoms with Gasteiger partial charge in [-0.3, -0.25) is 14.6 Å². The number of hydrogen-bond donors (Lipinski definition) is 1. The second-order valence-electron chi connectivity index (χ2n) is 8.35. The third-order valence-electron chi connectivity index (χ3n) is 5.71. The maximum atomic E-state index is 13.3. The zero-order chi connectivity index (χ0) is 27.5. The van der Waals surface area contributed by atoms with Crippen LogP contribution in [0.3, 0.4) is 0 Å². The van der Waals surface area contributed by atoms with Crippen molar-refractivity contribution >= 4 is 22.6 Å². The van der Waals surface area contributed by atoms with Gasteiger partial charge in [0.15, 0.2) is 11.5 Å². The van der Waals surface area contributed by atoms with Crippen molar-refractivity contribution in [3.05, 3.63) is 100 Å². The van der Waals surface area contributed by atoms with Gasteiger partial charge in [0.25, 0.3) is 17.3 Å². The van der Waals surface area contributed by atoms with Gasteiger partial charge in [0.1, 0.15) is 22.6 Å². The lowest BCUT2D eigenvalue weighted by atomic mass is 10.2. The fraction of sp³-hybridized carbons (Fsp3) is 0.107. The molecule has 196 valence electrons. The normalized spacial score (nSPS) is 10.8. The third-order valence-corrected chi connectivity index (χ3v) is 5.71. The summed E-state index contributed by atoms with van der Waals surface area (Å²) in [5.41, 5.74) is 1.54. The van der Waals surface area contributed by atoms with E-state index in [-0.39, 0.29) is 5.56 Å². The van der Waals surface area contributed by atoms with Crippen LogP contribution in [0.25, 0.3) is 16.7 Å². The first kappa shape index (κ1) is 25.3. The first-order valence-electron chi connectivity index (χ1n) is 11.7. The molecule has 0 atom stereocenters. The lowest BCUT2D eigenvalue weighted by Crippen LogP contribution is -2.30. The number of carbonyl (C=O) groups is 1. The van der Waals surface area contributed by atoms with Crippen LogP contribution in [0.4, 0.5) is 10.1 Å². The minimum absolute atomic E-state index is 0.106. The lowest BCUT2D eigenvalue weighted by Gasteiger charge is -2.12. The fourth-order valence-corrected chi connectivity index (χ4v) is 3.86. The molecule has 0 saturated heterocycles. The van der Waals surface area contributed by atoms with Crippen molar-refractivity contribution in [1.29, 1.82) is 0 Å². The molecule has 3 aromatic heterocycles. The van der Waals surface area contributed by atoms with Crippen molar-refractivity contribution in [2.24, 2.45) is 0 Å². The van der Waals surface area contributed by atoms with Crippen LogP contribution < -0.4 is 25.1 Å². The van der Waals surface area contributed by atoms with Crippen molar-refractivity contribution in [3.8, 4) is 28.8 Å². The third kappa shape index (κ3) is 5.23. The van der Waals surface area contributed by atoms with Gasteiger partial charge in [-0.25, -0.2) is 9.37 Å². The zero-order valence-corrected chi connectivity index (χ0v) is 21.1. The highest BCUT2D eigenvalue weighted by atomic mass is 19.1. The number of benzene rings is 2. The van der Waals surface area contributed by atoms with E-state index in [9.17, 15) is 14.0 Å². The van der Waals surface area contributed by atoms with Crippen LogP contribution in [0.15, 0.2) is 77.7 Å². The van der Waals surface area contributed by atoms with Crippen LogP contribution in [0.2, 0.25) is 0 Å². The minimum atomic E-state index is -0.631. The number of ether oxygens (including phenoxy) is 3. The molecular formula is C28H22FN5O5. The number of halogens is 1. The number of aromatic nitrogens is 4. The topological polar surface area (TPSA) is 117 Å². The second-order valence-corrected chi connectivity index (χ2v) is 8.35. The quantitative estimate of drug-likeness (QED) is 0.324. The van der Waals surface area contributed by atoms with Crippen LogP contribution in [0.5, 0.6) is 23.1 Å². The van der Waals surface area contributed by atoms with Crippen LogP contribution in [-0.4, -0.2) is 39.9 Å². The molecule has 39 heavy (non-hydrogen) atoms. The molecule has 1 amide bonds. The van der Waals surface area contributed by atoms with E-state index >= 15 is 0 Å². The van der Waals surface area contributed by atoms with Crippen molar-refractivity contribution in [2.75, 3.05) is 19.5 Å². The Kier molecular flexibility index (Phi) is 6.87. The molecule has 0 spiro atoms. The van der Waals surface area contributed by atoms with Crippen molar-refractivity contribution in [3.63, 3.8) is 0 Å². The summed E-state index contributed by atoms with van der Waals surface area (Å²) < 4.78 is 31.0. The minimum Gasteiger partial charge on any atom is -0.491 e. The average molecular weight is 528 g/mol. The number of aryl methyl sites for hydroxylation is 1. The summed E-state index contributed by atoms with van der Waals surface area (Å²) in [6.07, 6.45) is 1.59. The number of anilines is 1. The van der Waals surface area contributed by atoms with E-state index in [0.717, 1.165) is 4.68 Å². The summed E-state index contributed by atoms with van der Waals surface area (Å²) in [6, 6.07) is 16.7. The molecule has 0 saturated carbocycles. The standard InChI is InChI=1S/C28H22FN5O5/c1-16-14-21(28(36)34(33-16)19-8-4-17(29)5-9-19)26(35)31-18-6-10-20(11-7-18)39-23-12-13-30-22-15-24(37-2)27(38-3)32-25(22)23/h4-15H,1-3H3,(H,31,35). The number of rotatable bonds is 7. The van der Waals surface area contributed by atoms with Gasteiger partial charge in [-0.1, -0.05) is 0 Å². The van der Waals surface area contributed by atoms with E-state index in [1.54, 1.807) is 49.5 Å². The Hall–Kier alpha value is -5.32. The summed E-state index contributed by atoms with van der Waals surface area (Å²) in [6.45, 7) is 1.66. The molecule has 3 heterocycles. The van der Waals surface area contributed by atoms with E-state index in [4.69, 9.17) is 14.2 Å². The van der Waals surface area contributed by atoms with Crippen LogP contribution >= 0.6 is 0 Å². The van der Waals surface area contributed by atoms with Gasteiger partial charge in [0.05, 0.1) is 31.1 Å². The number of hydrogen-bond acceptors (Lipinski definition) is 8. The Morgan fingerprint density at radius 3 is 2.38 bits per heavy atom. The average Bonchev–Trinajstić information content (AvgIpc) is 2.95. The Labute approximate surface area is 221 Å². The number of nitrogens with zero attached hydrogens (tertiary/aromatic N) is 4. The lowest BCUT2D eigenvalue weighted by molar-refractivity contribution is 0.102. The maximum absolute atomic E-state index is 13.3. The highest BCUT2D eigenvalue weighted by Crippen LogP contribution is 2.34. The molecule has 11 heteroatoms. The number of methoxy groups -OCH3 is 2. The van der Waals surface area contributed by atoms with E-state index in [1.165, 1.54) is 44.6 Å². The predicted molar refractivity (Wildman–Crippen MR) is 142 cm³/mol. The van der Waals surface area contributed by atoms with E-state index in [1.807, 2.05) is 0 Å². The molecule has 5 aromatic rings. The largest absolute Gasteiger partial charge is 0.491 e. The van der Waals surface area contributed by atoms with Gasteiger partial charge >= 0.3 is 0 Å². The molecule has 0 bridgehead atoms. The first-order chi connectivity index (χ1) is 18.9. The highest BCUT2D eigenvalue weighted by Gasteiger charge is 2.17. The molecule has 5 rings (SSSR count). The van der Waals surface area contributed by atoms with Gasteiger partial charge in [-0.15, -0.1) is 0 Å². The predicted octanol–water partition coefficient (Wildman–Crippen LogP) is 4.69. The summed E-state index contributed by atoms with van der Waals surface area (Å²) >= 11 is 0. The van der Waals surface area contributed by atoms with E-state index in [2.05, 4.69) is 20.4 Å². The van der Waals surface area contributed by atoms with Crippen LogP contribution in [-0.2, 0) is 0 Å². The van der Waals surface area contributed by atoms with Gasteiger partial charge in [0, 0.05) is 24.0 Å². The van der Waals surface area contributed by atoms with Gasteiger partial charge < -0.3 is 19.5 Å². The van der Waals surface area contributed by atoms with Crippen LogP contribution in [0, 0.1) is 12.7 Å². The number of carbonyl (C=O) groups excluding carboxylic acids is 1. The van der Waals surface area contributed by atoms with Gasteiger partial charge in [-0.05, 0) is 61.5 Å². The number of fused-ring (bicyclic) bond motifs is 1. The SMILES string of the molecule is COc1cc2nccc(Oc3ccc(NC(=O)c4cc(C)nn(-c5ccc(F)cc5)c4=O)cc3)c2nc1OC. The summed E-state index contributed by atoms with van der Waals surface area (Å²) in [7, 11) is 3.01. The molecule has 0 radical (unpaired) electrons. The molecule has 0 aliphatic rings. The summed E-state index contributed by atoms with van der Waals surface area (Å²) in [4.78, 5) is 34.7. The molecule has 0 aliphatic carbocycles. The second kappa shape index (κ2) is 10.6. The summed E-state index contributed by atoms with van der Waals surface area (Å²) in [5.74, 6) is 0.620. The monoisotopic (exact) mass is 527 g/mol. The Morgan fingerprint density at radius 1 is 0.949 bits per heavy atom. The van der Waals surface area contributed by atoms with Crippen molar-refractivity contribution < 1.29 is 23.4 Å². The number of pyridine rings is 2. The van der Waals surface area contributed by atoms with E-state index in [0.29, 0.717) is 51.2 Å².